The molecule has 0 spiro atoms. The highest BCUT2D eigenvalue weighted by atomic mass is 32.2. The van der Waals surface area contributed by atoms with Gasteiger partial charge in [0.2, 0.25) is 5.91 Å². The van der Waals surface area contributed by atoms with E-state index in [1.807, 2.05) is 45.0 Å². The molecule has 37 heavy (non-hydrogen) atoms. The third kappa shape index (κ3) is 5.37. The summed E-state index contributed by atoms with van der Waals surface area (Å²) in [5.41, 5.74) is 1.37. The Morgan fingerprint density at radius 1 is 1.14 bits per heavy atom. The Balaban J connectivity index is 1.53. The number of nitrogens with zero attached hydrogens (tertiary/aromatic N) is 4. The molecule has 2 aromatic rings. The summed E-state index contributed by atoms with van der Waals surface area (Å²) in [4.78, 5) is 47.0. The van der Waals surface area contributed by atoms with E-state index in [2.05, 4.69) is 10.3 Å². The van der Waals surface area contributed by atoms with Crippen molar-refractivity contribution in [2.45, 2.75) is 49.8 Å². The molecule has 1 aromatic carbocycles. The third-order valence-electron chi connectivity index (χ3n) is 6.83. The second-order valence-electron chi connectivity index (χ2n) is 10.1. The number of carbonyl (C=O) groups is 3. The molecule has 3 heterocycles. The molecule has 0 bridgehead atoms. The molecule has 0 radical (unpaired) electrons. The van der Waals surface area contributed by atoms with E-state index < -0.39 is 28.1 Å². The molecule has 2 aliphatic heterocycles. The van der Waals surface area contributed by atoms with Crippen LogP contribution in [0.4, 0.5) is 5.69 Å². The van der Waals surface area contributed by atoms with Gasteiger partial charge in [-0.3, -0.25) is 14.4 Å². The Hall–Kier alpha value is -3.31. The second-order valence-corrected chi connectivity index (χ2v) is 12.0. The first-order valence-electron chi connectivity index (χ1n) is 12.3. The van der Waals surface area contributed by atoms with Crippen LogP contribution in [0, 0.1) is 5.92 Å². The number of pyridine rings is 1. The predicted octanol–water partition coefficient (Wildman–Crippen LogP) is 1.54. The lowest BCUT2D eigenvalue weighted by Crippen LogP contribution is -2.53. The van der Waals surface area contributed by atoms with Crippen molar-refractivity contribution in [1.82, 2.24) is 19.5 Å². The van der Waals surface area contributed by atoms with Crippen LogP contribution < -0.4 is 10.2 Å². The number of hydrogen-bond acceptors (Lipinski definition) is 7. The van der Waals surface area contributed by atoms with Crippen molar-refractivity contribution in [2.24, 2.45) is 5.92 Å². The molecule has 1 N–H and O–H groups in total. The lowest BCUT2D eigenvalue weighted by molar-refractivity contribution is -0.138. The largest absolute Gasteiger partial charge is 0.378 e. The fraction of sp³-hybridized carbons (Fsp3) is 0.462. The molecule has 4 rings (SSSR count). The number of amides is 2. The maximum atomic E-state index is 13.7. The molecule has 0 saturated carbocycles. The molecule has 1 aromatic heterocycles. The Kier molecular flexibility index (Phi) is 7.65. The number of benzene rings is 1. The standard InChI is InChI=1S/C26H33N5O5S/c1-17(2)15-20(28-25(33)18-8-10-19(11-9-18)29(3)4)26(34)30-14-12-21-24(30)22(32)16-31(21)37(35,36)23-7-5-6-13-27-23/h5-11,13,17,20-21,24H,12,14-16H2,1-4H3,(H,28,33). The Morgan fingerprint density at radius 3 is 2.43 bits per heavy atom. The molecular formula is C26H33N5O5S. The van der Waals surface area contributed by atoms with Crippen molar-refractivity contribution in [3.63, 3.8) is 0 Å². The Morgan fingerprint density at radius 2 is 1.84 bits per heavy atom. The van der Waals surface area contributed by atoms with E-state index in [0.717, 1.165) is 9.99 Å². The van der Waals surface area contributed by atoms with Crippen LogP contribution in [0.3, 0.4) is 0 Å². The van der Waals surface area contributed by atoms with Gasteiger partial charge in [-0.05, 0) is 55.2 Å². The molecule has 2 amide bonds. The number of hydrogen-bond donors (Lipinski definition) is 1. The molecular weight excluding hydrogens is 494 g/mol. The van der Waals surface area contributed by atoms with E-state index in [0.29, 0.717) is 18.4 Å². The average Bonchev–Trinajstić information content (AvgIpc) is 3.45. The Labute approximate surface area is 217 Å². The normalized spacial score (nSPS) is 20.7. The van der Waals surface area contributed by atoms with Crippen LogP contribution in [0.15, 0.2) is 53.7 Å². The first-order valence-corrected chi connectivity index (χ1v) is 13.8. The summed E-state index contributed by atoms with van der Waals surface area (Å²) in [6.45, 7) is 3.83. The molecule has 3 atom stereocenters. The number of likely N-dealkylation sites (tertiary alicyclic amines) is 1. The van der Waals surface area contributed by atoms with Crippen molar-refractivity contribution in [3.05, 3.63) is 54.2 Å². The SMILES string of the molecule is CC(C)CC(NC(=O)c1ccc(N(C)C)cc1)C(=O)N1CCC2C1C(=O)CN2S(=O)(=O)c1ccccn1. The maximum absolute atomic E-state index is 13.7. The molecule has 2 saturated heterocycles. The molecule has 0 aliphatic carbocycles. The number of Topliss-reactive ketones (excluding diaryl/α,β-unsaturated/α-hetero) is 1. The fourth-order valence-corrected chi connectivity index (χ4v) is 6.57. The highest BCUT2D eigenvalue weighted by Gasteiger charge is 2.54. The smallest absolute Gasteiger partial charge is 0.261 e. The minimum absolute atomic E-state index is 0.101. The van der Waals surface area contributed by atoms with Gasteiger partial charge in [-0.25, -0.2) is 13.4 Å². The van der Waals surface area contributed by atoms with Gasteiger partial charge < -0.3 is 15.1 Å². The first kappa shape index (κ1) is 26.7. The molecule has 3 unspecified atom stereocenters. The summed E-state index contributed by atoms with van der Waals surface area (Å²) < 4.78 is 27.6. The van der Waals surface area contributed by atoms with Gasteiger partial charge in [0.15, 0.2) is 10.8 Å². The van der Waals surface area contributed by atoms with Crippen LogP contribution in [0.1, 0.15) is 37.0 Å². The quantitative estimate of drug-likeness (QED) is 0.553. The third-order valence-corrected chi connectivity index (χ3v) is 8.62. The van der Waals surface area contributed by atoms with E-state index in [1.165, 1.54) is 17.2 Å². The van der Waals surface area contributed by atoms with Crippen molar-refractivity contribution < 1.29 is 22.8 Å². The lowest BCUT2D eigenvalue weighted by atomic mass is 10.0. The van der Waals surface area contributed by atoms with Crippen molar-refractivity contribution in [3.8, 4) is 0 Å². The van der Waals surface area contributed by atoms with Crippen LogP contribution in [-0.4, -0.2) is 85.5 Å². The van der Waals surface area contributed by atoms with Crippen molar-refractivity contribution >= 4 is 33.3 Å². The molecule has 10 nitrogen and oxygen atoms in total. The number of fused-ring (bicyclic) bond motifs is 1. The first-order chi connectivity index (χ1) is 17.5. The number of sulfonamides is 1. The van der Waals surface area contributed by atoms with Gasteiger partial charge in [-0.15, -0.1) is 0 Å². The maximum Gasteiger partial charge on any atom is 0.261 e. The number of carbonyl (C=O) groups excluding carboxylic acids is 3. The fourth-order valence-electron chi connectivity index (χ4n) is 5.01. The summed E-state index contributed by atoms with van der Waals surface area (Å²) in [6, 6.07) is 9.27. The zero-order valence-electron chi connectivity index (χ0n) is 21.5. The van der Waals surface area contributed by atoms with E-state index in [9.17, 15) is 22.8 Å². The minimum atomic E-state index is -3.99. The topological polar surface area (TPSA) is 120 Å². The van der Waals surface area contributed by atoms with E-state index >= 15 is 0 Å². The Bertz CT molecular complexity index is 1260. The number of ketones is 1. The van der Waals surface area contributed by atoms with Crippen molar-refractivity contribution in [1.29, 1.82) is 0 Å². The average molecular weight is 528 g/mol. The van der Waals surface area contributed by atoms with Crippen LogP contribution in [0.2, 0.25) is 0 Å². The lowest BCUT2D eigenvalue weighted by Gasteiger charge is -2.29. The summed E-state index contributed by atoms with van der Waals surface area (Å²) in [6.07, 6.45) is 2.11. The highest BCUT2D eigenvalue weighted by Crippen LogP contribution is 2.34. The molecule has 2 aliphatic rings. The molecule has 2 fully saturated rings. The molecule has 11 heteroatoms. The molecule has 198 valence electrons. The van der Waals surface area contributed by atoms with E-state index in [1.54, 1.807) is 24.3 Å². The van der Waals surface area contributed by atoms with E-state index in [4.69, 9.17) is 0 Å². The summed E-state index contributed by atoms with van der Waals surface area (Å²) in [7, 11) is -0.178. The number of nitrogens with one attached hydrogen (secondary N) is 1. The predicted molar refractivity (Wildman–Crippen MR) is 139 cm³/mol. The highest BCUT2D eigenvalue weighted by molar-refractivity contribution is 7.89. The monoisotopic (exact) mass is 527 g/mol. The summed E-state index contributed by atoms with van der Waals surface area (Å²) >= 11 is 0. The zero-order chi connectivity index (χ0) is 26.9. The van der Waals surface area contributed by atoms with Crippen LogP contribution >= 0.6 is 0 Å². The summed E-state index contributed by atoms with van der Waals surface area (Å²) in [5, 5.41) is 2.73. The number of aromatic nitrogens is 1. The van der Waals surface area contributed by atoms with Crippen LogP contribution in [0.5, 0.6) is 0 Å². The van der Waals surface area contributed by atoms with E-state index in [-0.39, 0.29) is 41.6 Å². The van der Waals surface area contributed by atoms with Gasteiger partial charge in [0, 0.05) is 38.1 Å². The van der Waals surface area contributed by atoms with Gasteiger partial charge in [-0.2, -0.15) is 4.31 Å². The van der Waals surface area contributed by atoms with Gasteiger partial charge in [0.25, 0.3) is 15.9 Å². The number of anilines is 1. The van der Waals surface area contributed by atoms with Crippen LogP contribution in [-0.2, 0) is 19.6 Å². The number of rotatable bonds is 8. The van der Waals surface area contributed by atoms with Crippen molar-refractivity contribution in [2.75, 3.05) is 32.1 Å². The van der Waals surface area contributed by atoms with Crippen LogP contribution in [0.25, 0.3) is 0 Å². The van der Waals surface area contributed by atoms with Gasteiger partial charge in [0.05, 0.1) is 12.6 Å². The van der Waals surface area contributed by atoms with Gasteiger partial charge >= 0.3 is 0 Å². The second kappa shape index (κ2) is 10.6. The zero-order valence-corrected chi connectivity index (χ0v) is 22.3. The summed E-state index contributed by atoms with van der Waals surface area (Å²) in [5.74, 6) is -0.976. The minimum Gasteiger partial charge on any atom is -0.378 e. The van der Waals surface area contributed by atoms with Gasteiger partial charge in [-0.1, -0.05) is 19.9 Å². The van der Waals surface area contributed by atoms with Gasteiger partial charge in [0.1, 0.15) is 12.1 Å².